The van der Waals surface area contributed by atoms with Crippen molar-refractivity contribution in [3.05, 3.63) is 315 Å². The number of carbonyl (C=O) groups is 10. The molecule has 0 saturated heterocycles. The van der Waals surface area contributed by atoms with Crippen LogP contribution in [0.5, 0.6) is 0 Å². The smallest absolute Gasteiger partial charge is 0.427 e. The number of hydrogen-bond acceptors (Lipinski definition) is 20. The van der Waals surface area contributed by atoms with Gasteiger partial charge in [-0.2, -0.15) is 0 Å². The summed E-state index contributed by atoms with van der Waals surface area (Å²) in [6.07, 6.45) is 3.21. The molecule has 10 aromatic rings. The minimum Gasteiger partial charge on any atom is -0.427 e. The van der Waals surface area contributed by atoms with Crippen molar-refractivity contribution in [3.63, 3.8) is 0 Å². The molecule has 0 bridgehead atoms. The largest absolute Gasteiger partial charge is 0.494 e. The minimum absolute atomic E-state index is 0.00394. The van der Waals surface area contributed by atoms with Crippen LogP contribution in [0.25, 0.3) is 0 Å². The normalized spacial score (nSPS) is 13.8. The first-order chi connectivity index (χ1) is 70.8. The molecule has 9 N–H and O–H groups in total. The number of pyridine rings is 1. The van der Waals surface area contributed by atoms with Gasteiger partial charge in [-0.3, -0.25) is 80.1 Å². The monoisotopic (exact) mass is 2050 g/mol. The number of hydrogen-bond donors (Lipinski definition) is 9. The molecule has 0 aliphatic carbocycles. The lowest BCUT2D eigenvalue weighted by atomic mass is 9.57. The van der Waals surface area contributed by atoms with E-state index in [0.29, 0.717) is 80.5 Å². The second-order valence-electron chi connectivity index (χ2n) is 42.3. The highest BCUT2D eigenvalue weighted by molar-refractivity contribution is 6.69. The average molecular weight is 2050 g/mol. The molecule has 5 aliphatic heterocycles. The van der Waals surface area contributed by atoms with Crippen LogP contribution in [0.15, 0.2) is 158 Å². The number of hydrazine groups is 5. The first-order valence-corrected chi connectivity index (χ1v) is 48.8. The van der Waals surface area contributed by atoms with Crippen LogP contribution in [0.1, 0.15) is 317 Å². The Balaban J connectivity index is 0.000000180. The number of nitrogens with one attached hydrogen (secondary N) is 5. The number of aromatic nitrogens is 1. The van der Waals surface area contributed by atoms with Gasteiger partial charge in [0, 0.05) is 65.5 Å². The first kappa shape index (κ1) is 111. The van der Waals surface area contributed by atoms with Crippen molar-refractivity contribution in [1.29, 1.82) is 0 Å². The Morgan fingerprint density at radius 1 is 0.362 bits per heavy atom. The first-order valence-electron chi connectivity index (χ1n) is 50.3. The van der Waals surface area contributed by atoms with Crippen molar-refractivity contribution in [2.24, 2.45) is 5.41 Å². The van der Waals surface area contributed by atoms with Crippen LogP contribution in [0.3, 0.4) is 0 Å². The van der Waals surface area contributed by atoms with E-state index in [0.717, 1.165) is 45.7 Å². The maximum absolute atomic E-state index is 15.3. The molecular formula is C109H129B5F5N11O19. The zero-order valence-corrected chi connectivity index (χ0v) is 88.3. The third kappa shape index (κ3) is 27.6. The highest BCUT2D eigenvalue weighted by Gasteiger charge is 2.44. The average Bonchev–Trinajstić information content (AvgIpc) is 1.63. The Hall–Kier alpha value is -13.6. The fraction of sp³-hybridized carbons (Fsp3) is 0.367. The summed E-state index contributed by atoms with van der Waals surface area (Å²) in [4.78, 5) is 135. The van der Waals surface area contributed by atoms with Gasteiger partial charge in [0.05, 0.1) is 89.0 Å². The van der Waals surface area contributed by atoms with Crippen LogP contribution in [-0.4, -0.2) is 173 Å². The molecule has 0 fully saturated rings. The van der Waals surface area contributed by atoms with Gasteiger partial charge in [0.1, 0.15) is 29.1 Å². The van der Waals surface area contributed by atoms with E-state index in [4.69, 9.17) is 27.4 Å². The number of rotatable bonds is 15. The van der Waals surface area contributed by atoms with E-state index in [1.165, 1.54) is 92.8 Å². The molecule has 0 unspecified atom stereocenters. The SMILES string of the molecule is CCCCB1OCc2ccc(C(=O)NN(C(=O)c3ccccc3)C(C)(C)C)c(F)c21.CC[C@@H](N(NC(=O)c1ccc2c(c1F)COB2O)C(=O)c1cc(C)cc(C)c1)C(C)(C)C.Cc1cc(C(=O)N(NC(=O)c2ccc3c(c2F)B(O)OC3)C(C)(C)C)cc(C)n1.Cc1cc(C)cc(C(=O)N(NC(=O)c2ccc3c(c2F)COB3O)C(C)(C)C)c1.[2H]C([2H])([2H])c1cc(C)cc(C(=O)N(NC(=O)c2ccc3c(c2F)COB3O)C(C)(C)C)c1. The number of unbranched alkanes of at least 4 members (excludes halogenated alkanes) is 1. The Morgan fingerprint density at radius 3 is 1.01 bits per heavy atom. The maximum atomic E-state index is 15.3. The molecule has 15 rings (SSSR count). The second kappa shape index (κ2) is 47.5. The summed E-state index contributed by atoms with van der Waals surface area (Å²) in [5.74, 6) is -9.75. The Morgan fingerprint density at radius 2 is 0.664 bits per heavy atom. The highest BCUT2D eigenvalue weighted by Crippen LogP contribution is 2.33. The zero-order chi connectivity index (χ0) is 113. The third-order valence-electron chi connectivity index (χ3n) is 24.9. The van der Waals surface area contributed by atoms with Gasteiger partial charge in [0.2, 0.25) is 0 Å². The van der Waals surface area contributed by atoms with Gasteiger partial charge in [0.15, 0.2) is 0 Å². The van der Waals surface area contributed by atoms with Crippen LogP contribution < -0.4 is 54.4 Å². The summed E-state index contributed by atoms with van der Waals surface area (Å²) in [6, 6.07) is 41.0. The molecule has 40 heteroatoms. The number of fused-ring (bicyclic) bond motifs is 5. The van der Waals surface area contributed by atoms with Gasteiger partial charge < -0.3 is 43.4 Å². The van der Waals surface area contributed by atoms with Crippen LogP contribution in [0, 0.1) is 89.8 Å². The van der Waals surface area contributed by atoms with E-state index in [1.54, 1.807) is 150 Å². The number of halogens is 5. The van der Waals surface area contributed by atoms with Gasteiger partial charge in [-0.25, -0.2) is 47.0 Å². The van der Waals surface area contributed by atoms with Crippen molar-refractivity contribution in [2.45, 2.75) is 260 Å². The van der Waals surface area contributed by atoms with Crippen LogP contribution in [0.2, 0.25) is 6.32 Å². The molecule has 149 heavy (non-hydrogen) atoms. The quantitative estimate of drug-likeness (QED) is 0.0261. The number of aryl methyl sites for hydroxylation is 8. The van der Waals surface area contributed by atoms with Gasteiger partial charge >= 0.3 is 35.4 Å². The summed E-state index contributed by atoms with van der Waals surface area (Å²) < 4.78 is 124. The molecule has 10 amide bonds. The molecule has 0 saturated carbocycles. The van der Waals surface area contributed by atoms with Crippen LogP contribution in [0.4, 0.5) is 22.0 Å². The fourth-order valence-electron chi connectivity index (χ4n) is 17.6. The van der Waals surface area contributed by atoms with Crippen LogP contribution in [-0.2, 0) is 56.3 Å². The Bertz CT molecular complexity index is 6870. The lowest BCUT2D eigenvalue weighted by Gasteiger charge is -2.39. The molecule has 30 nitrogen and oxygen atoms in total. The third-order valence-corrected chi connectivity index (χ3v) is 24.9. The van der Waals surface area contributed by atoms with Crippen molar-refractivity contribution in [1.82, 2.24) is 57.2 Å². The zero-order valence-electron chi connectivity index (χ0n) is 91.3. The lowest BCUT2D eigenvalue weighted by molar-refractivity contribution is 0.0283. The molecular weight excluding hydrogens is 1920 g/mol. The molecule has 784 valence electrons. The van der Waals surface area contributed by atoms with E-state index >= 15 is 8.78 Å². The molecule has 1 aromatic heterocycles. The molecule has 5 aliphatic rings. The predicted molar refractivity (Wildman–Crippen MR) is 560 cm³/mol. The number of benzene rings is 9. The number of carbonyl (C=O) groups excluding carboxylic acids is 10. The second-order valence-corrected chi connectivity index (χ2v) is 42.3. The van der Waals surface area contributed by atoms with E-state index in [1.807, 2.05) is 94.4 Å². The molecule has 0 radical (unpaired) electrons. The van der Waals surface area contributed by atoms with Crippen molar-refractivity contribution in [3.8, 4) is 0 Å². The summed E-state index contributed by atoms with van der Waals surface area (Å²) in [5.41, 5.74) is 18.6. The Labute approximate surface area is 872 Å². The highest BCUT2D eigenvalue weighted by atomic mass is 19.1. The van der Waals surface area contributed by atoms with Crippen molar-refractivity contribution < 1.29 is 117 Å². The fourth-order valence-corrected chi connectivity index (χ4v) is 17.6. The standard InChI is InChI=1S/C24H30BFN2O4.C23H28BFN2O3.2C21H24BFN2O4.C20H23BFN3O4/c1-7-20(24(4,5)6)28(23(30)16-11-14(2)10-15(3)12-16)27-22(29)17-8-9-19-18(21(17)26)13-32-25(19)31;1-5-6-14-24-19-17(15-30-24)12-13-18(20(19)25)21(28)26-27(23(2,3)4)22(29)16-10-8-7-9-11-16;2*1-12-8-13(2)10-14(9-12)20(27)25(21(3,4)5)24-19(26)15-6-7-17-16(18(15)23)11-29-22(17)28;1-11-8-14(9-12(2)23-11)19(27)25(20(3,4)5)24-18(26)15-7-6-13-10-29-21(28)16(13)17(15)22/h8-12,20,31H,7,13H2,1-6H3,(H,27,29);7-13H,5-6,14-15H2,1-4H3,(H,26,28);2*6-10,28H,11H2,1-5H3,(H,24,26);6-9,28H,10H2,1-5H3,(H,24,26)/t20-;;;;/m1..../s1/i;;1D3;;. The molecule has 0 spiro atoms. The predicted octanol–water partition coefficient (Wildman–Crippen LogP) is 13.3. The van der Waals surface area contributed by atoms with E-state index < -0.39 is 134 Å². The van der Waals surface area contributed by atoms with Gasteiger partial charge in [-0.15, -0.1) is 0 Å². The van der Waals surface area contributed by atoms with Gasteiger partial charge in [-0.05, 0) is 281 Å². The summed E-state index contributed by atoms with van der Waals surface area (Å²) >= 11 is 0. The lowest BCUT2D eigenvalue weighted by Crippen LogP contribution is -2.56. The van der Waals surface area contributed by atoms with Crippen molar-refractivity contribution in [2.75, 3.05) is 0 Å². The van der Waals surface area contributed by atoms with Crippen LogP contribution >= 0.6 is 0 Å². The summed E-state index contributed by atoms with van der Waals surface area (Å²) in [6.45, 7) is 41.1. The Kier molecular flexibility index (Phi) is 35.4. The number of amides is 10. The summed E-state index contributed by atoms with van der Waals surface area (Å²) in [5, 5.41) is 45.0. The van der Waals surface area contributed by atoms with E-state index in [2.05, 4.69) is 39.0 Å². The maximum Gasteiger partial charge on any atom is 0.494 e. The molecule has 1 atom stereocenters. The van der Waals surface area contributed by atoms with E-state index in [9.17, 15) is 81.2 Å². The molecule has 9 aromatic carbocycles. The topological polar surface area (TPSA) is 387 Å². The van der Waals surface area contributed by atoms with Gasteiger partial charge in [0.25, 0.3) is 59.1 Å². The number of nitrogens with zero attached hydrogens (tertiary/aromatic N) is 6. The summed E-state index contributed by atoms with van der Waals surface area (Å²) in [7, 11) is -5.07. The van der Waals surface area contributed by atoms with Crippen molar-refractivity contribution >= 4 is 122 Å². The van der Waals surface area contributed by atoms with E-state index in [-0.39, 0.29) is 123 Å². The molecule has 6 heterocycles. The minimum atomic E-state index is -2.41. The van der Waals surface area contributed by atoms with Gasteiger partial charge in [-0.1, -0.05) is 148 Å².